The molecule has 1 rings (SSSR count). The number of rotatable bonds is 8. The molecule has 126 valence electrons. The Hall–Kier alpha value is -1.64. The summed E-state index contributed by atoms with van der Waals surface area (Å²) in [7, 11) is -9.68. The predicted molar refractivity (Wildman–Crippen MR) is 73.6 cm³/mol. The lowest BCUT2D eigenvalue weighted by atomic mass is 10.2. The maximum absolute atomic E-state index is 12.0. The topological polar surface area (TPSA) is 43.4 Å². The molecule has 0 atom stereocenters. The van der Waals surface area contributed by atoms with E-state index < -0.39 is 34.2 Å². The van der Waals surface area contributed by atoms with Gasteiger partial charge < -0.3 is 4.74 Å². The van der Waals surface area contributed by atoms with Gasteiger partial charge in [-0.25, -0.2) is 4.79 Å². The number of benzene rings is 1. The lowest BCUT2D eigenvalue weighted by molar-refractivity contribution is -0.117. The SMILES string of the molecule is O=C(CCCCOC(=O)c1ccccc1)CS(F)(F)(F)(F)F. The predicted octanol–water partition coefficient (Wildman–Crippen LogP) is 4.88. The van der Waals surface area contributed by atoms with E-state index in [-0.39, 0.29) is 19.4 Å². The van der Waals surface area contributed by atoms with E-state index in [9.17, 15) is 29.0 Å². The van der Waals surface area contributed by atoms with Gasteiger partial charge in [-0.3, -0.25) is 4.79 Å². The van der Waals surface area contributed by atoms with Gasteiger partial charge in [0.15, 0.2) is 5.78 Å². The number of ether oxygens (including phenoxy) is 1. The maximum Gasteiger partial charge on any atom is 0.338 e. The Labute approximate surface area is 124 Å². The normalized spacial score (nSPS) is 14.8. The van der Waals surface area contributed by atoms with Crippen LogP contribution in [0.3, 0.4) is 0 Å². The fourth-order valence-electron chi connectivity index (χ4n) is 1.62. The molecule has 3 nitrogen and oxygen atoms in total. The molecule has 0 amide bonds. The highest BCUT2D eigenvalue weighted by Crippen LogP contribution is 2.97. The van der Waals surface area contributed by atoms with E-state index in [2.05, 4.69) is 0 Å². The highest BCUT2D eigenvalue weighted by atomic mass is 32.5. The molecule has 1 aromatic rings. The zero-order chi connectivity index (χ0) is 16.9. The lowest BCUT2D eigenvalue weighted by Crippen LogP contribution is -2.19. The Balaban J connectivity index is 2.24. The molecule has 0 aromatic heterocycles. The molecule has 1 aromatic carbocycles. The Morgan fingerprint density at radius 2 is 1.55 bits per heavy atom. The van der Waals surface area contributed by atoms with Crippen LogP contribution in [0.5, 0.6) is 0 Å². The van der Waals surface area contributed by atoms with Crippen LogP contribution in [0, 0.1) is 0 Å². The minimum Gasteiger partial charge on any atom is -0.462 e. The molecule has 0 aliphatic carbocycles. The first-order valence-corrected chi connectivity index (χ1v) is 8.45. The quantitative estimate of drug-likeness (QED) is 0.383. The van der Waals surface area contributed by atoms with Gasteiger partial charge in [0.05, 0.1) is 12.2 Å². The van der Waals surface area contributed by atoms with Crippen LogP contribution in [0.1, 0.15) is 29.6 Å². The zero-order valence-corrected chi connectivity index (χ0v) is 12.3. The molecule has 0 aliphatic rings. The highest BCUT2D eigenvalue weighted by molar-refractivity contribution is 8.46. The van der Waals surface area contributed by atoms with Crippen molar-refractivity contribution in [1.29, 1.82) is 0 Å². The largest absolute Gasteiger partial charge is 0.462 e. The molecule has 0 unspecified atom stereocenters. The van der Waals surface area contributed by atoms with E-state index in [0.29, 0.717) is 5.56 Å². The third kappa shape index (κ3) is 8.60. The minimum atomic E-state index is -9.68. The number of halogens is 5. The Kier molecular flexibility index (Phi) is 4.91. The molecule has 0 saturated heterocycles. The van der Waals surface area contributed by atoms with Crippen molar-refractivity contribution in [3.63, 3.8) is 0 Å². The summed E-state index contributed by atoms with van der Waals surface area (Å²) in [6, 6.07) is 8.03. The van der Waals surface area contributed by atoms with Crippen molar-refractivity contribution in [3.8, 4) is 0 Å². The van der Waals surface area contributed by atoms with Gasteiger partial charge in [-0.2, -0.15) is 0 Å². The third-order valence-electron chi connectivity index (χ3n) is 2.53. The third-order valence-corrected chi connectivity index (χ3v) is 3.39. The average molecular weight is 346 g/mol. The van der Waals surface area contributed by atoms with E-state index in [1.165, 1.54) is 12.1 Å². The van der Waals surface area contributed by atoms with Crippen molar-refractivity contribution in [1.82, 2.24) is 0 Å². The van der Waals surface area contributed by atoms with Gasteiger partial charge in [0.1, 0.15) is 5.75 Å². The number of carbonyl (C=O) groups excluding carboxylic acids is 2. The maximum atomic E-state index is 12.0. The molecule has 0 N–H and O–H groups in total. The van der Waals surface area contributed by atoms with Gasteiger partial charge in [0.2, 0.25) is 0 Å². The molecule has 0 bridgehead atoms. The van der Waals surface area contributed by atoms with Crippen molar-refractivity contribution in [3.05, 3.63) is 35.9 Å². The molecular weight excluding hydrogens is 331 g/mol. The fraction of sp³-hybridized carbons (Fsp3) is 0.385. The molecule has 0 fully saturated rings. The van der Waals surface area contributed by atoms with Crippen LogP contribution in [0.25, 0.3) is 0 Å². The number of unbranched alkanes of at least 4 members (excludes halogenated alkanes) is 1. The van der Waals surface area contributed by atoms with Crippen molar-refractivity contribution in [2.75, 3.05) is 12.4 Å². The summed E-state index contributed by atoms with van der Waals surface area (Å²) < 4.78 is 65.1. The average Bonchev–Trinajstić information content (AvgIpc) is 2.35. The van der Waals surface area contributed by atoms with Crippen molar-refractivity contribution in [2.24, 2.45) is 0 Å². The minimum absolute atomic E-state index is 0.0608. The monoisotopic (exact) mass is 346 g/mol. The van der Waals surface area contributed by atoms with Crippen LogP contribution < -0.4 is 0 Å². The number of Topliss-reactive ketones (excluding diaryl/α,β-unsaturated/α-hetero) is 1. The second-order valence-corrected chi connectivity index (χ2v) is 7.32. The molecule has 0 saturated carbocycles. The fourth-order valence-corrected chi connectivity index (χ4v) is 2.38. The summed E-state index contributed by atoms with van der Waals surface area (Å²) in [6.07, 6.45) is -0.576. The van der Waals surface area contributed by atoms with Crippen LogP contribution in [-0.4, -0.2) is 24.1 Å². The molecule has 9 heteroatoms. The number of hydrogen-bond donors (Lipinski definition) is 0. The smallest absolute Gasteiger partial charge is 0.338 e. The Bertz CT molecular complexity index is 541. The second kappa shape index (κ2) is 5.86. The molecule has 0 radical (unpaired) electrons. The molecule has 0 spiro atoms. The first-order valence-electron chi connectivity index (χ1n) is 6.33. The number of esters is 1. The summed E-state index contributed by atoms with van der Waals surface area (Å²) in [5, 5.41) is 0. The molecule has 0 aliphatic heterocycles. The van der Waals surface area contributed by atoms with Gasteiger partial charge >= 0.3 is 5.97 Å². The first kappa shape index (κ1) is 18.4. The second-order valence-electron chi connectivity index (χ2n) is 4.77. The van der Waals surface area contributed by atoms with Crippen LogP contribution in [-0.2, 0) is 9.53 Å². The van der Waals surface area contributed by atoms with Gasteiger partial charge in [-0.15, -0.1) is 0 Å². The van der Waals surface area contributed by atoms with Crippen LogP contribution in [0.15, 0.2) is 30.3 Å². The van der Waals surface area contributed by atoms with Gasteiger partial charge in [-0.05, 0) is 25.0 Å². The van der Waals surface area contributed by atoms with E-state index in [0.717, 1.165) is 0 Å². The Morgan fingerprint density at radius 1 is 0.955 bits per heavy atom. The van der Waals surface area contributed by atoms with Crippen LogP contribution >= 0.6 is 10.2 Å². The van der Waals surface area contributed by atoms with Gasteiger partial charge in [0, 0.05) is 6.42 Å². The summed E-state index contributed by atoms with van der Waals surface area (Å²) in [4.78, 5) is 22.4. The highest BCUT2D eigenvalue weighted by Gasteiger charge is 2.64. The summed E-state index contributed by atoms with van der Waals surface area (Å²) in [5.41, 5.74) is 0.319. The van der Waals surface area contributed by atoms with Crippen LogP contribution in [0.4, 0.5) is 19.4 Å². The number of hydrogen-bond acceptors (Lipinski definition) is 3. The van der Waals surface area contributed by atoms with E-state index >= 15 is 0 Å². The van der Waals surface area contributed by atoms with Crippen molar-refractivity contribution in [2.45, 2.75) is 19.3 Å². The van der Waals surface area contributed by atoms with E-state index in [4.69, 9.17) is 4.74 Å². The van der Waals surface area contributed by atoms with E-state index in [1.807, 2.05) is 0 Å². The van der Waals surface area contributed by atoms with Crippen molar-refractivity contribution < 1.29 is 33.8 Å². The van der Waals surface area contributed by atoms with E-state index in [1.54, 1.807) is 18.2 Å². The van der Waals surface area contributed by atoms with Gasteiger partial charge in [0.25, 0.3) is 10.2 Å². The Morgan fingerprint density at radius 3 is 2.09 bits per heavy atom. The zero-order valence-electron chi connectivity index (χ0n) is 11.4. The summed E-state index contributed by atoms with van der Waals surface area (Å²) in [5.74, 6) is -4.84. The molecule has 0 heterocycles. The van der Waals surface area contributed by atoms with Crippen LogP contribution in [0.2, 0.25) is 0 Å². The lowest BCUT2D eigenvalue weighted by Gasteiger charge is -2.39. The molecular formula is C13H15F5O3S. The number of ketones is 1. The summed E-state index contributed by atoms with van der Waals surface area (Å²) in [6.45, 7) is -0.0998. The number of carbonyl (C=O) groups is 2. The van der Waals surface area contributed by atoms with Gasteiger partial charge in [-0.1, -0.05) is 37.6 Å². The van der Waals surface area contributed by atoms with Crippen molar-refractivity contribution >= 4 is 22.0 Å². The molecule has 22 heavy (non-hydrogen) atoms. The first-order chi connectivity index (χ1) is 9.86. The summed E-state index contributed by atoms with van der Waals surface area (Å²) >= 11 is 0. The standard InChI is InChI=1S/C13H15F5O3S/c14-22(15,16,17,18)10-12(19)8-4-5-9-21-13(20)11-6-2-1-3-7-11/h1-3,6-7H,4-5,8-10H2.